The van der Waals surface area contributed by atoms with Gasteiger partial charge in [0, 0.05) is 25.7 Å². The molecule has 0 bridgehead atoms. The van der Waals surface area contributed by atoms with E-state index in [9.17, 15) is 9.18 Å². The molecular formula is C16H14FN3O. The summed E-state index contributed by atoms with van der Waals surface area (Å²) in [6, 6.07) is 10.1. The fourth-order valence-electron chi connectivity index (χ4n) is 3.36. The van der Waals surface area contributed by atoms with Crippen LogP contribution in [0.1, 0.15) is 21.6 Å². The Morgan fingerprint density at radius 3 is 2.86 bits per heavy atom. The molecule has 1 atom stereocenters. The molecule has 4 rings (SSSR count). The van der Waals surface area contributed by atoms with Crippen LogP contribution in [0, 0.1) is 5.82 Å². The molecule has 0 radical (unpaired) electrons. The van der Waals surface area contributed by atoms with Crippen molar-refractivity contribution in [2.24, 2.45) is 0 Å². The molecule has 21 heavy (non-hydrogen) atoms. The van der Waals surface area contributed by atoms with Crippen LogP contribution in [0.15, 0.2) is 42.6 Å². The van der Waals surface area contributed by atoms with Crippen LogP contribution in [0.25, 0.3) is 0 Å². The van der Waals surface area contributed by atoms with Gasteiger partial charge in [-0.3, -0.25) is 15.1 Å². The zero-order valence-electron chi connectivity index (χ0n) is 11.3. The fraction of sp³-hybridized carbons (Fsp3) is 0.250. The van der Waals surface area contributed by atoms with Crippen LogP contribution in [0.3, 0.4) is 0 Å². The third-order valence-corrected chi connectivity index (χ3v) is 4.32. The molecule has 3 heterocycles. The number of rotatable bonds is 1. The molecule has 0 aliphatic carbocycles. The first-order chi connectivity index (χ1) is 10.2. The van der Waals surface area contributed by atoms with Crippen LogP contribution in [-0.4, -0.2) is 28.9 Å². The first kappa shape index (κ1) is 12.5. The van der Waals surface area contributed by atoms with Gasteiger partial charge in [-0.1, -0.05) is 18.2 Å². The van der Waals surface area contributed by atoms with Crippen molar-refractivity contribution in [3.8, 4) is 0 Å². The smallest absolute Gasteiger partial charge is 0.274 e. The molecular weight excluding hydrogens is 269 g/mol. The second-order valence-electron chi connectivity index (χ2n) is 5.44. The Kier molecular flexibility index (Phi) is 2.59. The molecule has 4 nitrogen and oxygen atoms in total. The third kappa shape index (κ3) is 1.70. The van der Waals surface area contributed by atoms with Crippen molar-refractivity contribution in [3.05, 3.63) is 65.2 Å². The number of carbonyl (C=O) groups excluding carboxylic acids is 1. The molecule has 1 fully saturated rings. The Labute approximate surface area is 121 Å². The Morgan fingerprint density at radius 1 is 1.24 bits per heavy atom. The van der Waals surface area contributed by atoms with E-state index in [0.717, 1.165) is 17.7 Å². The highest BCUT2D eigenvalue weighted by Crippen LogP contribution is 2.38. The van der Waals surface area contributed by atoms with Crippen molar-refractivity contribution in [2.75, 3.05) is 13.1 Å². The van der Waals surface area contributed by atoms with Crippen LogP contribution >= 0.6 is 0 Å². The molecule has 0 saturated carbocycles. The molecule has 5 heteroatoms. The summed E-state index contributed by atoms with van der Waals surface area (Å²) in [6.07, 6.45) is 2.29. The van der Waals surface area contributed by atoms with Gasteiger partial charge >= 0.3 is 0 Å². The van der Waals surface area contributed by atoms with Gasteiger partial charge in [-0.15, -0.1) is 0 Å². The van der Waals surface area contributed by atoms with Gasteiger partial charge < -0.3 is 4.90 Å². The second kappa shape index (κ2) is 4.36. The molecule has 1 saturated heterocycles. The monoisotopic (exact) mass is 283 g/mol. The minimum absolute atomic E-state index is 0.0637. The fourth-order valence-corrected chi connectivity index (χ4v) is 3.36. The van der Waals surface area contributed by atoms with Gasteiger partial charge in [0.05, 0.1) is 0 Å². The highest BCUT2D eigenvalue weighted by molar-refractivity contribution is 5.96. The lowest BCUT2D eigenvalue weighted by molar-refractivity contribution is 0.0495. The van der Waals surface area contributed by atoms with Crippen molar-refractivity contribution in [3.63, 3.8) is 0 Å². The van der Waals surface area contributed by atoms with Crippen molar-refractivity contribution in [1.82, 2.24) is 15.2 Å². The number of pyridine rings is 1. The summed E-state index contributed by atoms with van der Waals surface area (Å²) >= 11 is 0. The Hall–Kier alpha value is -2.27. The number of carbonyl (C=O) groups is 1. The summed E-state index contributed by atoms with van der Waals surface area (Å²) in [7, 11) is 0. The van der Waals surface area contributed by atoms with Gasteiger partial charge in [0.2, 0.25) is 0 Å². The van der Waals surface area contributed by atoms with E-state index in [0.29, 0.717) is 18.7 Å². The largest absolute Gasteiger partial charge is 0.313 e. The van der Waals surface area contributed by atoms with Crippen molar-refractivity contribution in [2.45, 2.75) is 12.1 Å². The third-order valence-electron chi connectivity index (χ3n) is 4.32. The normalized spacial score (nSPS) is 23.9. The maximum atomic E-state index is 13.2. The molecule has 1 aromatic heterocycles. The molecule has 1 N–H and O–H groups in total. The lowest BCUT2D eigenvalue weighted by Gasteiger charge is -2.42. The Balaban J connectivity index is 1.88. The van der Waals surface area contributed by atoms with Gasteiger partial charge in [-0.2, -0.15) is 0 Å². The maximum absolute atomic E-state index is 13.2. The standard InChI is InChI=1S/C16H14FN3O/c17-13-5-3-12(4-6-13)16-10-11-2-1-7-18-14(11)15(21)20(16)9-8-19-16/h1-7,19H,8-10H2. The van der Waals surface area contributed by atoms with E-state index >= 15 is 0 Å². The van der Waals surface area contributed by atoms with E-state index in [1.54, 1.807) is 18.3 Å². The van der Waals surface area contributed by atoms with Gasteiger partial charge in [-0.25, -0.2) is 4.39 Å². The van der Waals surface area contributed by atoms with Crippen LogP contribution in [0.2, 0.25) is 0 Å². The SMILES string of the molecule is O=C1c2ncccc2CC2(c3ccc(F)cc3)NCCN12. The van der Waals surface area contributed by atoms with Gasteiger partial charge in [0.15, 0.2) is 0 Å². The van der Waals surface area contributed by atoms with Gasteiger partial charge in [0.25, 0.3) is 5.91 Å². The number of nitrogens with one attached hydrogen (secondary N) is 1. The average Bonchev–Trinajstić information content (AvgIpc) is 2.93. The zero-order chi connectivity index (χ0) is 14.4. The van der Waals surface area contributed by atoms with E-state index in [2.05, 4.69) is 10.3 Å². The topological polar surface area (TPSA) is 45.2 Å². The summed E-state index contributed by atoms with van der Waals surface area (Å²) < 4.78 is 13.2. The number of fused-ring (bicyclic) bond motifs is 2. The first-order valence-electron chi connectivity index (χ1n) is 6.98. The predicted molar refractivity (Wildman–Crippen MR) is 75.1 cm³/mol. The molecule has 2 aliphatic heterocycles. The summed E-state index contributed by atoms with van der Waals surface area (Å²) in [5.41, 5.74) is 1.78. The summed E-state index contributed by atoms with van der Waals surface area (Å²) in [5, 5.41) is 3.43. The van der Waals surface area contributed by atoms with E-state index in [1.807, 2.05) is 17.0 Å². The first-order valence-corrected chi connectivity index (χ1v) is 6.98. The molecule has 2 aromatic rings. The lowest BCUT2D eigenvalue weighted by Crippen LogP contribution is -2.55. The van der Waals surface area contributed by atoms with Gasteiger partial charge in [0.1, 0.15) is 17.2 Å². The minimum Gasteiger partial charge on any atom is -0.313 e. The van der Waals surface area contributed by atoms with Crippen LogP contribution < -0.4 is 5.32 Å². The molecule has 2 aliphatic rings. The quantitative estimate of drug-likeness (QED) is 0.866. The van der Waals surface area contributed by atoms with E-state index in [4.69, 9.17) is 0 Å². The van der Waals surface area contributed by atoms with Gasteiger partial charge in [-0.05, 0) is 29.3 Å². The number of benzene rings is 1. The molecule has 1 amide bonds. The number of nitrogens with zero attached hydrogens (tertiary/aromatic N) is 2. The summed E-state index contributed by atoms with van der Waals surface area (Å²) in [5.74, 6) is -0.338. The Morgan fingerprint density at radius 2 is 2.05 bits per heavy atom. The molecule has 0 spiro atoms. The minimum atomic E-state index is -0.583. The number of aromatic nitrogens is 1. The van der Waals surface area contributed by atoms with Crippen molar-refractivity contribution < 1.29 is 9.18 Å². The second-order valence-corrected chi connectivity index (χ2v) is 5.44. The highest BCUT2D eigenvalue weighted by Gasteiger charge is 2.49. The molecule has 1 aromatic carbocycles. The summed E-state index contributed by atoms with van der Waals surface area (Å²) in [6.45, 7) is 1.35. The zero-order valence-corrected chi connectivity index (χ0v) is 11.3. The van der Waals surface area contributed by atoms with Crippen LogP contribution in [0.5, 0.6) is 0 Å². The number of amides is 1. The Bertz CT molecular complexity index is 716. The van der Waals surface area contributed by atoms with Crippen LogP contribution in [-0.2, 0) is 12.1 Å². The lowest BCUT2D eigenvalue weighted by atomic mass is 9.86. The van der Waals surface area contributed by atoms with E-state index < -0.39 is 5.66 Å². The average molecular weight is 283 g/mol. The van der Waals surface area contributed by atoms with Crippen LogP contribution in [0.4, 0.5) is 4.39 Å². The van der Waals surface area contributed by atoms with Crippen molar-refractivity contribution in [1.29, 1.82) is 0 Å². The number of hydrogen-bond donors (Lipinski definition) is 1. The molecule has 106 valence electrons. The maximum Gasteiger partial charge on any atom is 0.274 e. The van der Waals surface area contributed by atoms with E-state index in [-0.39, 0.29) is 11.7 Å². The molecule has 1 unspecified atom stereocenters. The number of halogens is 1. The summed E-state index contributed by atoms with van der Waals surface area (Å²) in [4.78, 5) is 18.7. The predicted octanol–water partition coefficient (Wildman–Crippen LogP) is 1.68. The number of hydrogen-bond acceptors (Lipinski definition) is 3. The van der Waals surface area contributed by atoms with E-state index in [1.165, 1.54) is 12.1 Å². The highest BCUT2D eigenvalue weighted by atomic mass is 19.1. The van der Waals surface area contributed by atoms with Crippen molar-refractivity contribution >= 4 is 5.91 Å².